The van der Waals surface area contributed by atoms with Crippen molar-refractivity contribution in [1.29, 1.82) is 0 Å². The number of nitrogens with zero attached hydrogens (tertiary/aromatic N) is 3. The molecule has 0 aliphatic carbocycles. The van der Waals surface area contributed by atoms with Crippen LogP contribution in [-0.2, 0) is 13.6 Å². The largest absolute Gasteiger partial charge is 0.330 e. The molecule has 1 aliphatic heterocycles. The van der Waals surface area contributed by atoms with Crippen molar-refractivity contribution in [3.8, 4) is 0 Å². The summed E-state index contributed by atoms with van der Waals surface area (Å²) < 4.78 is 2.15. The second kappa shape index (κ2) is 8.33. The van der Waals surface area contributed by atoms with Crippen molar-refractivity contribution < 1.29 is 4.79 Å². The van der Waals surface area contributed by atoms with Crippen LogP contribution >= 0.6 is 11.6 Å². The van der Waals surface area contributed by atoms with Gasteiger partial charge in [-0.2, -0.15) is 0 Å². The number of hydrogen-bond donors (Lipinski definition) is 1. The number of likely N-dealkylation sites (tertiary alicyclic amines) is 1. The van der Waals surface area contributed by atoms with Gasteiger partial charge in [0.15, 0.2) is 0 Å². The van der Waals surface area contributed by atoms with Gasteiger partial charge in [0.05, 0.1) is 28.2 Å². The number of carbonyl (C=O) groups is 1. The number of aryl methyl sites for hydroxylation is 1. The van der Waals surface area contributed by atoms with Crippen molar-refractivity contribution in [3.63, 3.8) is 0 Å². The van der Waals surface area contributed by atoms with Gasteiger partial charge >= 0.3 is 0 Å². The molecule has 3 aromatic rings. The van der Waals surface area contributed by atoms with E-state index in [1.807, 2.05) is 24.3 Å². The van der Waals surface area contributed by atoms with Crippen LogP contribution in [0.5, 0.6) is 0 Å². The van der Waals surface area contributed by atoms with Crippen LogP contribution < -0.4 is 5.32 Å². The number of carbonyl (C=O) groups excluding carboxylic acids is 1. The summed E-state index contributed by atoms with van der Waals surface area (Å²) in [6, 6.07) is 12.9. The molecule has 1 saturated heterocycles. The molecular formula is C22H25ClN4O. The number of rotatable bonds is 4. The zero-order chi connectivity index (χ0) is 19.5. The molecule has 1 aliphatic rings. The fourth-order valence-electron chi connectivity index (χ4n) is 3.81. The summed E-state index contributed by atoms with van der Waals surface area (Å²) in [5, 5.41) is 3.37. The lowest BCUT2D eigenvalue weighted by atomic mass is 10.2. The average Bonchev–Trinajstić information content (AvgIpc) is 2.85. The number of amides is 1. The van der Waals surface area contributed by atoms with Crippen molar-refractivity contribution in [3.05, 3.63) is 58.9 Å². The van der Waals surface area contributed by atoms with Gasteiger partial charge in [-0.25, -0.2) is 4.98 Å². The maximum atomic E-state index is 12.5. The molecule has 2 aromatic carbocycles. The van der Waals surface area contributed by atoms with Crippen LogP contribution in [0.15, 0.2) is 42.5 Å². The molecule has 0 radical (unpaired) electrons. The Morgan fingerprint density at radius 3 is 2.61 bits per heavy atom. The molecule has 146 valence electrons. The SMILES string of the molecule is Cn1c(CN2CCCCCC2)nc2cc(NC(=O)c3ccccc3Cl)ccc21. The van der Waals surface area contributed by atoms with Gasteiger partial charge < -0.3 is 9.88 Å². The van der Waals surface area contributed by atoms with Crippen LogP contribution in [0.1, 0.15) is 41.9 Å². The smallest absolute Gasteiger partial charge is 0.257 e. The Balaban J connectivity index is 1.54. The maximum absolute atomic E-state index is 12.5. The summed E-state index contributed by atoms with van der Waals surface area (Å²) in [5.74, 6) is 0.845. The van der Waals surface area contributed by atoms with Crippen LogP contribution in [0.25, 0.3) is 11.0 Å². The zero-order valence-corrected chi connectivity index (χ0v) is 16.9. The van der Waals surface area contributed by atoms with Crippen LogP contribution in [0, 0.1) is 0 Å². The van der Waals surface area contributed by atoms with Crippen LogP contribution in [0.2, 0.25) is 5.02 Å². The maximum Gasteiger partial charge on any atom is 0.257 e. The Hall–Kier alpha value is -2.37. The molecule has 1 aromatic heterocycles. The van der Waals surface area contributed by atoms with Gasteiger partial charge in [0.2, 0.25) is 0 Å². The van der Waals surface area contributed by atoms with Crippen LogP contribution in [0.4, 0.5) is 5.69 Å². The molecule has 28 heavy (non-hydrogen) atoms. The quantitative estimate of drug-likeness (QED) is 0.685. The zero-order valence-electron chi connectivity index (χ0n) is 16.1. The molecule has 6 heteroatoms. The Morgan fingerprint density at radius 2 is 1.86 bits per heavy atom. The van der Waals surface area contributed by atoms with Crippen molar-refractivity contribution in [2.75, 3.05) is 18.4 Å². The van der Waals surface area contributed by atoms with Gasteiger partial charge in [0.1, 0.15) is 5.82 Å². The van der Waals surface area contributed by atoms with Crippen molar-refractivity contribution in [2.45, 2.75) is 32.2 Å². The van der Waals surface area contributed by atoms with Crippen molar-refractivity contribution in [2.24, 2.45) is 7.05 Å². The number of halogens is 1. The topological polar surface area (TPSA) is 50.2 Å². The minimum absolute atomic E-state index is 0.217. The molecule has 5 nitrogen and oxygen atoms in total. The lowest BCUT2D eigenvalue weighted by molar-refractivity contribution is 0.102. The number of aromatic nitrogens is 2. The second-order valence-electron chi connectivity index (χ2n) is 7.41. The number of nitrogens with one attached hydrogen (secondary N) is 1. The van der Waals surface area contributed by atoms with E-state index >= 15 is 0 Å². The molecule has 1 amide bonds. The number of imidazole rings is 1. The summed E-state index contributed by atoms with van der Waals surface area (Å²) in [6.07, 6.45) is 5.19. The first-order valence-corrected chi connectivity index (χ1v) is 10.2. The molecule has 0 unspecified atom stereocenters. The molecule has 4 rings (SSSR count). The first-order chi connectivity index (χ1) is 13.6. The summed E-state index contributed by atoms with van der Waals surface area (Å²) in [7, 11) is 2.06. The lowest BCUT2D eigenvalue weighted by Gasteiger charge is -2.19. The van der Waals surface area contributed by atoms with E-state index in [9.17, 15) is 4.79 Å². The predicted octanol–water partition coefficient (Wildman–Crippen LogP) is 4.86. The van der Waals surface area contributed by atoms with E-state index in [2.05, 4.69) is 21.8 Å². The third kappa shape index (κ3) is 4.05. The Labute approximate surface area is 170 Å². The monoisotopic (exact) mass is 396 g/mol. The highest BCUT2D eigenvalue weighted by Gasteiger charge is 2.15. The van der Waals surface area contributed by atoms with E-state index < -0.39 is 0 Å². The van der Waals surface area contributed by atoms with E-state index in [-0.39, 0.29) is 5.91 Å². The molecule has 0 saturated carbocycles. The second-order valence-corrected chi connectivity index (χ2v) is 7.82. The van der Waals surface area contributed by atoms with Gasteiger partial charge in [-0.3, -0.25) is 9.69 Å². The number of benzene rings is 2. The first kappa shape index (κ1) is 19.0. The summed E-state index contributed by atoms with van der Waals surface area (Å²) in [6.45, 7) is 3.15. The van der Waals surface area contributed by atoms with E-state index in [1.54, 1.807) is 18.2 Å². The summed E-state index contributed by atoms with van der Waals surface area (Å²) in [5.41, 5.74) is 3.15. The van der Waals surface area contributed by atoms with Crippen LogP contribution in [0.3, 0.4) is 0 Å². The third-order valence-corrected chi connectivity index (χ3v) is 5.74. The fraction of sp³-hybridized carbons (Fsp3) is 0.364. The molecule has 0 bridgehead atoms. The van der Waals surface area contributed by atoms with E-state index in [0.29, 0.717) is 10.6 Å². The highest BCUT2D eigenvalue weighted by molar-refractivity contribution is 6.34. The first-order valence-electron chi connectivity index (χ1n) is 9.85. The van der Waals surface area contributed by atoms with Crippen molar-refractivity contribution >= 4 is 34.2 Å². The Morgan fingerprint density at radius 1 is 1.11 bits per heavy atom. The minimum Gasteiger partial charge on any atom is -0.330 e. The normalized spacial score (nSPS) is 15.5. The van der Waals surface area contributed by atoms with Gasteiger partial charge in [-0.15, -0.1) is 0 Å². The lowest BCUT2D eigenvalue weighted by Crippen LogP contribution is -2.25. The standard InChI is InChI=1S/C22H25ClN4O/c1-26-20-11-10-16(24-22(28)17-8-4-5-9-18(17)23)14-19(20)25-21(26)15-27-12-6-2-3-7-13-27/h4-5,8-11,14H,2-3,6-7,12-13,15H2,1H3,(H,24,28). The molecule has 2 heterocycles. The van der Waals surface area contributed by atoms with E-state index in [1.165, 1.54) is 25.7 Å². The molecule has 1 N–H and O–H groups in total. The summed E-state index contributed by atoms with van der Waals surface area (Å²) >= 11 is 6.13. The predicted molar refractivity (Wildman–Crippen MR) is 114 cm³/mol. The third-order valence-electron chi connectivity index (χ3n) is 5.41. The van der Waals surface area contributed by atoms with E-state index in [4.69, 9.17) is 16.6 Å². The number of fused-ring (bicyclic) bond motifs is 1. The molecular weight excluding hydrogens is 372 g/mol. The minimum atomic E-state index is -0.217. The summed E-state index contributed by atoms with van der Waals surface area (Å²) in [4.78, 5) is 19.8. The molecule has 1 fully saturated rings. The average molecular weight is 397 g/mol. The number of anilines is 1. The van der Waals surface area contributed by atoms with Crippen molar-refractivity contribution in [1.82, 2.24) is 14.5 Å². The van der Waals surface area contributed by atoms with Gasteiger partial charge in [0.25, 0.3) is 5.91 Å². The fourth-order valence-corrected chi connectivity index (χ4v) is 4.03. The Kier molecular flexibility index (Phi) is 5.64. The highest BCUT2D eigenvalue weighted by Crippen LogP contribution is 2.23. The van der Waals surface area contributed by atoms with E-state index in [0.717, 1.165) is 42.2 Å². The Bertz CT molecular complexity index is 989. The highest BCUT2D eigenvalue weighted by atomic mass is 35.5. The molecule has 0 spiro atoms. The molecule has 0 atom stereocenters. The van der Waals surface area contributed by atoms with Gasteiger partial charge in [0, 0.05) is 12.7 Å². The number of hydrogen-bond acceptors (Lipinski definition) is 3. The van der Waals surface area contributed by atoms with Gasteiger partial charge in [-0.05, 0) is 56.3 Å². The van der Waals surface area contributed by atoms with Gasteiger partial charge in [-0.1, -0.05) is 36.6 Å². The van der Waals surface area contributed by atoms with Crippen LogP contribution in [-0.4, -0.2) is 33.4 Å².